The molecule has 0 bridgehead atoms. The number of aryl methyl sites for hydroxylation is 2. The van der Waals surface area contributed by atoms with Crippen LogP contribution in [-0.2, 0) is 0 Å². The second kappa shape index (κ2) is 6.11. The minimum atomic E-state index is -0.683. The van der Waals surface area contributed by atoms with Gasteiger partial charge in [-0.05, 0) is 43.7 Å². The molecule has 0 unspecified atom stereocenters. The van der Waals surface area contributed by atoms with E-state index in [4.69, 9.17) is 5.73 Å². The molecule has 4 rings (SSSR count). The highest BCUT2D eigenvalue weighted by molar-refractivity contribution is 5.77. The third-order valence-corrected chi connectivity index (χ3v) is 4.07. The Morgan fingerprint density at radius 3 is 2.62 bits per heavy atom. The molecule has 6 nitrogen and oxygen atoms in total. The van der Waals surface area contributed by atoms with E-state index in [9.17, 15) is 4.39 Å². The smallest absolute Gasteiger partial charge is 0.239 e. The number of rotatable bonds is 3. The number of nitrogen functional groups attached to an aromatic ring is 1. The molecule has 0 aliphatic heterocycles. The number of imidazole rings is 1. The van der Waals surface area contributed by atoms with Gasteiger partial charge in [-0.1, -0.05) is 24.3 Å². The number of anilines is 3. The SMILES string of the molecule is Cc1cccc(Nc2nc(-n3c(C)nc4ccccc43)nc(N)c2F)c1. The largest absolute Gasteiger partial charge is 0.381 e. The number of hydrogen-bond acceptors (Lipinski definition) is 5. The molecule has 0 aliphatic carbocycles. The summed E-state index contributed by atoms with van der Waals surface area (Å²) in [4.78, 5) is 13.0. The number of aromatic nitrogens is 4. The van der Waals surface area contributed by atoms with Crippen molar-refractivity contribution >= 4 is 28.4 Å². The maximum Gasteiger partial charge on any atom is 0.239 e. The molecule has 0 atom stereocenters. The maximum atomic E-state index is 14.5. The Morgan fingerprint density at radius 2 is 1.81 bits per heavy atom. The Balaban J connectivity index is 1.85. The van der Waals surface area contributed by atoms with Gasteiger partial charge < -0.3 is 11.1 Å². The van der Waals surface area contributed by atoms with E-state index in [1.165, 1.54) is 0 Å². The Hall–Kier alpha value is -3.48. The zero-order chi connectivity index (χ0) is 18.3. The Kier molecular flexibility index (Phi) is 3.76. The second-order valence-corrected chi connectivity index (χ2v) is 6.05. The van der Waals surface area contributed by atoms with Gasteiger partial charge in [0.1, 0.15) is 5.82 Å². The highest BCUT2D eigenvalue weighted by Gasteiger charge is 2.17. The van der Waals surface area contributed by atoms with Crippen molar-refractivity contribution in [2.24, 2.45) is 0 Å². The highest BCUT2D eigenvalue weighted by atomic mass is 19.1. The fourth-order valence-electron chi connectivity index (χ4n) is 2.89. The van der Waals surface area contributed by atoms with Crippen LogP contribution in [0.1, 0.15) is 11.4 Å². The van der Waals surface area contributed by atoms with Gasteiger partial charge in [-0.15, -0.1) is 0 Å². The topological polar surface area (TPSA) is 81.7 Å². The lowest BCUT2D eigenvalue weighted by Gasteiger charge is -2.12. The molecule has 3 N–H and O–H groups in total. The van der Waals surface area contributed by atoms with Crippen molar-refractivity contribution in [3.8, 4) is 5.95 Å². The first-order valence-electron chi connectivity index (χ1n) is 8.14. The second-order valence-electron chi connectivity index (χ2n) is 6.05. The molecule has 7 heteroatoms. The summed E-state index contributed by atoms with van der Waals surface area (Å²) in [5.74, 6) is 0.0823. The zero-order valence-electron chi connectivity index (χ0n) is 14.4. The van der Waals surface area contributed by atoms with E-state index < -0.39 is 5.82 Å². The molecule has 0 spiro atoms. The van der Waals surface area contributed by atoms with Crippen molar-refractivity contribution in [1.29, 1.82) is 0 Å². The van der Waals surface area contributed by atoms with E-state index in [0.717, 1.165) is 22.3 Å². The summed E-state index contributed by atoms with van der Waals surface area (Å²) in [5.41, 5.74) is 9.22. The molecular formula is C19H17FN6. The van der Waals surface area contributed by atoms with Gasteiger partial charge in [0.2, 0.25) is 11.8 Å². The van der Waals surface area contributed by atoms with E-state index in [2.05, 4.69) is 20.3 Å². The van der Waals surface area contributed by atoms with Crippen molar-refractivity contribution in [3.63, 3.8) is 0 Å². The minimum absolute atomic E-state index is 0.0234. The molecule has 26 heavy (non-hydrogen) atoms. The molecule has 0 saturated heterocycles. The molecule has 0 amide bonds. The van der Waals surface area contributed by atoms with Gasteiger partial charge in [-0.2, -0.15) is 14.4 Å². The summed E-state index contributed by atoms with van der Waals surface area (Å²) in [5, 5.41) is 2.98. The standard InChI is InChI=1S/C19H17FN6/c1-11-6-5-7-13(10-11)23-18-16(20)17(21)24-19(25-18)26-12(2)22-14-8-3-4-9-15(14)26/h3-10H,1-2H3,(H3,21,23,24,25). The monoisotopic (exact) mass is 348 g/mol. The zero-order valence-corrected chi connectivity index (χ0v) is 14.4. The van der Waals surface area contributed by atoms with Gasteiger partial charge in [0.25, 0.3) is 0 Å². The lowest BCUT2D eigenvalue weighted by Crippen LogP contribution is -2.10. The van der Waals surface area contributed by atoms with Crippen LogP contribution in [0.3, 0.4) is 0 Å². The number of nitrogens with two attached hydrogens (primary N) is 1. The average molecular weight is 348 g/mol. The quantitative estimate of drug-likeness (QED) is 0.587. The van der Waals surface area contributed by atoms with Crippen LogP contribution in [0.4, 0.5) is 21.7 Å². The number of halogens is 1. The predicted molar refractivity (Wildman–Crippen MR) is 100 cm³/mol. The summed E-state index contributed by atoms with van der Waals surface area (Å²) in [6.07, 6.45) is 0. The molecule has 2 heterocycles. The summed E-state index contributed by atoms with van der Waals surface area (Å²) in [6, 6.07) is 15.2. The fraction of sp³-hybridized carbons (Fsp3) is 0.105. The summed E-state index contributed by atoms with van der Waals surface area (Å²) < 4.78 is 16.2. The number of para-hydroxylation sites is 2. The van der Waals surface area contributed by atoms with Crippen molar-refractivity contribution in [2.75, 3.05) is 11.1 Å². The molecule has 0 fully saturated rings. The molecule has 0 radical (unpaired) electrons. The lowest BCUT2D eigenvalue weighted by atomic mass is 10.2. The van der Waals surface area contributed by atoms with Crippen molar-refractivity contribution < 1.29 is 4.39 Å². The van der Waals surface area contributed by atoms with Gasteiger partial charge >= 0.3 is 0 Å². The van der Waals surface area contributed by atoms with Crippen LogP contribution in [0.15, 0.2) is 48.5 Å². The summed E-state index contributed by atoms with van der Waals surface area (Å²) in [6.45, 7) is 3.80. The first kappa shape index (κ1) is 16.0. The minimum Gasteiger partial charge on any atom is -0.381 e. The Labute approximate surface area is 149 Å². The fourth-order valence-corrected chi connectivity index (χ4v) is 2.89. The first-order valence-corrected chi connectivity index (χ1v) is 8.14. The van der Waals surface area contributed by atoms with Crippen LogP contribution in [0.5, 0.6) is 0 Å². The summed E-state index contributed by atoms with van der Waals surface area (Å²) in [7, 11) is 0. The number of nitrogens with zero attached hydrogens (tertiary/aromatic N) is 4. The van der Waals surface area contributed by atoms with Crippen LogP contribution >= 0.6 is 0 Å². The Morgan fingerprint density at radius 1 is 1.00 bits per heavy atom. The van der Waals surface area contributed by atoms with Gasteiger partial charge in [0.05, 0.1) is 11.0 Å². The van der Waals surface area contributed by atoms with E-state index in [1.807, 2.05) is 62.4 Å². The number of nitrogens with one attached hydrogen (secondary N) is 1. The van der Waals surface area contributed by atoms with Crippen LogP contribution in [-0.4, -0.2) is 19.5 Å². The highest BCUT2D eigenvalue weighted by Crippen LogP contribution is 2.25. The normalized spacial score (nSPS) is 11.0. The van der Waals surface area contributed by atoms with E-state index in [-0.39, 0.29) is 17.6 Å². The lowest BCUT2D eigenvalue weighted by molar-refractivity contribution is 0.622. The molecule has 4 aromatic rings. The number of fused-ring (bicyclic) bond motifs is 1. The molecule has 130 valence electrons. The maximum absolute atomic E-state index is 14.5. The van der Waals surface area contributed by atoms with E-state index in [1.54, 1.807) is 4.57 Å². The van der Waals surface area contributed by atoms with E-state index in [0.29, 0.717) is 5.82 Å². The van der Waals surface area contributed by atoms with Crippen LogP contribution < -0.4 is 11.1 Å². The molecule has 0 saturated carbocycles. The van der Waals surface area contributed by atoms with Crippen LogP contribution in [0.25, 0.3) is 17.0 Å². The van der Waals surface area contributed by atoms with Gasteiger partial charge in [-0.3, -0.25) is 4.57 Å². The van der Waals surface area contributed by atoms with Gasteiger partial charge in [0.15, 0.2) is 11.6 Å². The molecule has 0 aliphatic rings. The third kappa shape index (κ3) is 2.73. The number of benzene rings is 2. The molecule has 2 aromatic carbocycles. The molecular weight excluding hydrogens is 331 g/mol. The third-order valence-electron chi connectivity index (χ3n) is 4.07. The van der Waals surface area contributed by atoms with Crippen LogP contribution in [0.2, 0.25) is 0 Å². The van der Waals surface area contributed by atoms with Gasteiger partial charge in [0, 0.05) is 5.69 Å². The Bertz CT molecular complexity index is 1120. The average Bonchev–Trinajstić information content (AvgIpc) is 2.94. The van der Waals surface area contributed by atoms with Crippen LogP contribution in [0, 0.1) is 19.7 Å². The summed E-state index contributed by atoms with van der Waals surface area (Å²) >= 11 is 0. The van der Waals surface area contributed by atoms with Crippen molar-refractivity contribution in [1.82, 2.24) is 19.5 Å². The van der Waals surface area contributed by atoms with Crippen molar-refractivity contribution in [3.05, 3.63) is 65.7 Å². The number of hydrogen-bond donors (Lipinski definition) is 2. The van der Waals surface area contributed by atoms with Gasteiger partial charge in [-0.25, -0.2) is 4.98 Å². The first-order chi connectivity index (χ1) is 12.5. The predicted octanol–water partition coefficient (Wildman–Crippen LogP) is 3.90. The van der Waals surface area contributed by atoms with Crippen molar-refractivity contribution in [2.45, 2.75) is 13.8 Å². The van der Waals surface area contributed by atoms with E-state index >= 15 is 0 Å². The molecule has 2 aromatic heterocycles.